The molecule has 2 heterocycles. The summed E-state index contributed by atoms with van der Waals surface area (Å²) in [7, 11) is 0. The van der Waals surface area contributed by atoms with Gasteiger partial charge in [0.1, 0.15) is 30.3 Å². The lowest BCUT2D eigenvalue weighted by molar-refractivity contribution is -0.141. The molecule has 0 radical (unpaired) electrons. The van der Waals surface area contributed by atoms with E-state index in [1.165, 1.54) is 11.8 Å². The molecule has 2 amide bonds. The molecule has 0 saturated carbocycles. The molecule has 44 heavy (non-hydrogen) atoms. The highest BCUT2D eigenvalue weighted by Crippen LogP contribution is 2.38. The number of unbranched alkanes of at least 4 members (excludes halogenated alkanes) is 1. The fraction of sp³-hybridized carbons (Fsp3) is 0.371. The Morgan fingerprint density at radius 1 is 0.955 bits per heavy atom. The molecule has 0 aliphatic carbocycles. The average Bonchev–Trinajstić information content (AvgIpc) is 2.99. The minimum Gasteiger partial charge on any atom is -0.490 e. The van der Waals surface area contributed by atoms with Gasteiger partial charge in [-0.3, -0.25) is 14.5 Å². The average molecular weight is 599 g/mol. The van der Waals surface area contributed by atoms with Gasteiger partial charge in [0.05, 0.1) is 0 Å². The zero-order valence-corrected chi connectivity index (χ0v) is 26.4. The first-order valence-electron chi connectivity index (χ1n) is 15.2. The number of aromatic amines is 1. The molecular weight excluding hydrogens is 556 g/mol. The molecule has 4 rings (SSSR count). The molecule has 9 heteroatoms. The van der Waals surface area contributed by atoms with Crippen molar-refractivity contribution in [2.45, 2.75) is 66.2 Å². The molecule has 4 aromatic rings. The van der Waals surface area contributed by atoms with Gasteiger partial charge in [0.2, 0.25) is 0 Å². The first-order chi connectivity index (χ1) is 21.1. The highest BCUT2D eigenvalue weighted by molar-refractivity contribution is 6.03. The lowest BCUT2D eigenvalue weighted by Crippen LogP contribution is -2.39. The monoisotopic (exact) mass is 598 g/mol. The Morgan fingerprint density at radius 2 is 1.68 bits per heavy atom. The summed E-state index contributed by atoms with van der Waals surface area (Å²) in [6.45, 7) is 12.7. The lowest BCUT2D eigenvalue weighted by Gasteiger charge is -2.27. The molecule has 0 spiro atoms. The van der Waals surface area contributed by atoms with Gasteiger partial charge in [-0.05, 0) is 83.0 Å². The third-order valence-corrected chi connectivity index (χ3v) is 7.37. The normalized spacial score (nSPS) is 11.2. The highest BCUT2D eigenvalue weighted by Gasteiger charge is 2.24. The third kappa shape index (κ3) is 7.83. The predicted octanol–water partition coefficient (Wildman–Crippen LogP) is 7.62. The third-order valence-electron chi connectivity index (χ3n) is 7.37. The van der Waals surface area contributed by atoms with Crippen LogP contribution in [0.15, 0.2) is 65.6 Å². The Bertz CT molecular complexity index is 1650. The molecule has 0 aliphatic rings. The maximum Gasteiger partial charge on any atom is 0.326 e. The number of aromatic nitrogens is 2. The summed E-state index contributed by atoms with van der Waals surface area (Å²) in [5, 5.41) is 3.96. The van der Waals surface area contributed by atoms with Crippen molar-refractivity contribution >= 4 is 34.4 Å². The van der Waals surface area contributed by atoms with E-state index in [-0.39, 0.29) is 48.3 Å². The van der Waals surface area contributed by atoms with Crippen molar-refractivity contribution in [3.05, 3.63) is 82.3 Å². The number of amides is 2. The van der Waals surface area contributed by atoms with E-state index in [0.29, 0.717) is 17.9 Å². The van der Waals surface area contributed by atoms with Crippen LogP contribution in [0.3, 0.4) is 0 Å². The standard InChI is InChI=1S/C35H42N4O5/c1-7-8-15-39(31-21-26-12-10-14-36-33(26)38-34(31)41)35(42)37-32-29(22(2)3)19-27(20-30(32)23(4)5)25-11-9-13-28(18-25)44-17-16-43-24(6)40/h9-14,18-23H,7-8,15-17H2,1-6H3,(H,37,42)(H,36,38,41). The summed E-state index contributed by atoms with van der Waals surface area (Å²) in [5.41, 5.74) is 5.13. The molecule has 2 aromatic carbocycles. The largest absolute Gasteiger partial charge is 0.490 e. The highest BCUT2D eigenvalue weighted by atomic mass is 16.6. The van der Waals surface area contributed by atoms with E-state index in [2.05, 4.69) is 62.0 Å². The number of hydrogen-bond donors (Lipinski definition) is 2. The first kappa shape index (κ1) is 32.3. The second kappa shape index (κ2) is 14.7. The number of hydrogen-bond acceptors (Lipinski definition) is 6. The van der Waals surface area contributed by atoms with Gasteiger partial charge >= 0.3 is 12.0 Å². The summed E-state index contributed by atoms with van der Waals surface area (Å²) >= 11 is 0. The zero-order valence-electron chi connectivity index (χ0n) is 26.4. The summed E-state index contributed by atoms with van der Waals surface area (Å²) in [4.78, 5) is 46.8. The molecule has 232 valence electrons. The number of carbonyl (C=O) groups is 2. The van der Waals surface area contributed by atoms with Crippen molar-refractivity contribution in [1.29, 1.82) is 0 Å². The number of benzene rings is 2. The molecule has 0 saturated heterocycles. The van der Waals surface area contributed by atoms with Crippen LogP contribution in [0.4, 0.5) is 16.2 Å². The van der Waals surface area contributed by atoms with Crippen molar-refractivity contribution < 1.29 is 19.1 Å². The Hall–Kier alpha value is -4.66. The minimum atomic E-state index is -0.360. The van der Waals surface area contributed by atoms with E-state index in [1.807, 2.05) is 30.3 Å². The smallest absolute Gasteiger partial charge is 0.326 e. The summed E-state index contributed by atoms with van der Waals surface area (Å²) in [5.74, 6) is 0.536. The van der Waals surface area contributed by atoms with Crippen molar-refractivity contribution in [3.63, 3.8) is 0 Å². The van der Waals surface area contributed by atoms with Crippen LogP contribution in [-0.4, -0.2) is 41.7 Å². The topological polar surface area (TPSA) is 114 Å². The van der Waals surface area contributed by atoms with Gasteiger partial charge in [-0.25, -0.2) is 9.78 Å². The summed E-state index contributed by atoms with van der Waals surface area (Å²) in [6, 6.07) is 17.0. The molecule has 0 bridgehead atoms. The number of urea groups is 1. The number of esters is 1. The van der Waals surface area contributed by atoms with Gasteiger partial charge in [0.15, 0.2) is 0 Å². The number of carbonyl (C=O) groups excluding carboxylic acids is 2. The molecule has 0 fully saturated rings. The van der Waals surface area contributed by atoms with Crippen LogP contribution in [0.25, 0.3) is 22.2 Å². The number of pyridine rings is 2. The van der Waals surface area contributed by atoms with Gasteiger partial charge in [0.25, 0.3) is 5.56 Å². The number of nitrogens with one attached hydrogen (secondary N) is 2. The van der Waals surface area contributed by atoms with E-state index in [1.54, 1.807) is 18.3 Å². The quantitative estimate of drug-likeness (QED) is 0.128. The number of ether oxygens (including phenoxy) is 2. The van der Waals surface area contributed by atoms with E-state index in [0.717, 1.165) is 46.2 Å². The number of nitrogens with zero attached hydrogens (tertiary/aromatic N) is 2. The van der Waals surface area contributed by atoms with Gasteiger partial charge in [0, 0.05) is 30.7 Å². The zero-order chi connectivity index (χ0) is 31.8. The van der Waals surface area contributed by atoms with Crippen LogP contribution < -0.4 is 20.5 Å². The van der Waals surface area contributed by atoms with Gasteiger partial charge in [-0.1, -0.05) is 53.2 Å². The molecule has 2 aromatic heterocycles. The van der Waals surface area contributed by atoms with Crippen molar-refractivity contribution in [2.24, 2.45) is 0 Å². The lowest BCUT2D eigenvalue weighted by atomic mass is 9.88. The second-order valence-electron chi connectivity index (χ2n) is 11.4. The predicted molar refractivity (Wildman–Crippen MR) is 176 cm³/mol. The van der Waals surface area contributed by atoms with Crippen LogP contribution in [0.5, 0.6) is 5.75 Å². The Balaban J connectivity index is 1.71. The van der Waals surface area contributed by atoms with Crippen molar-refractivity contribution in [3.8, 4) is 16.9 Å². The van der Waals surface area contributed by atoms with Gasteiger partial charge < -0.3 is 19.8 Å². The Labute approximate surface area is 258 Å². The van der Waals surface area contributed by atoms with Crippen LogP contribution in [0.1, 0.15) is 77.3 Å². The molecule has 2 N–H and O–H groups in total. The summed E-state index contributed by atoms with van der Waals surface area (Å²) < 4.78 is 10.8. The number of H-pyrrole nitrogens is 1. The van der Waals surface area contributed by atoms with Gasteiger partial charge in [-0.2, -0.15) is 0 Å². The van der Waals surface area contributed by atoms with Crippen LogP contribution in [-0.2, 0) is 9.53 Å². The number of anilines is 2. The first-order valence-corrected chi connectivity index (χ1v) is 15.2. The van der Waals surface area contributed by atoms with Crippen LogP contribution in [0.2, 0.25) is 0 Å². The maximum absolute atomic E-state index is 14.0. The fourth-order valence-corrected chi connectivity index (χ4v) is 5.07. The molecule has 0 atom stereocenters. The van der Waals surface area contributed by atoms with E-state index < -0.39 is 0 Å². The molecule has 9 nitrogen and oxygen atoms in total. The summed E-state index contributed by atoms with van der Waals surface area (Å²) in [6.07, 6.45) is 3.23. The molecule has 0 aliphatic heterocycles. The number of rotatable bonds is 12. The van der Waals surface area contributed by atoms with E-state index in [4.69, 9.17) is 9.47 Å². The maximum atomic E-state index is 14.0. The van der Waals surface area contributed by atoms with E-state index >= 15 is 0 Å². The fourth-order valence-electron chi connectivity index (χ4n) is 5.07. The van der Waals surface area contributed by atoms with Gasteiger partial charge in [-0.15, -0.1) is 0 Å². The Kier molecular flexibility index (Phi) is 10.8. The van der Waals surface area contributed by atoms with Crippen molar-refractivity contribution in [2.75, 3.05) is 30.0 Å². The minimum absolute atomic E-state index is 0.102. The number of fused-ring (bicyclic) bond motifs is 1. The molecule has 0 unspecified atom stereocenters. The SMILES string of the molecule is CCCCN(C(=O)Nc1c(C(C)C)cc(-c2cccc(OCCOC(C)=O)c2)cc1C(C)C)c1cc2cccnc2[nH]c1=O. The van der Waals surface area contributed by atoms with Crippen LogP contribution >= 0.6 is 0 Å². The van der Waals surface area contributed by atoms with Crippen molar-refractivity contribution in [1.82, 2.24) is 9.97 Å². The Morgan fingerprint density at radius 3 is 2.34 bits per heavy atom. The van der Waals surface area contributed by atoms with E-state index in [9.17, 15) is 14.4 Å². The second-order valence-corrected chi connectivity index (χ2v) is 11.4. The van der Waals surface area contributed by atoms with Crippen LogP contribution in [0, 0.1) is 0 Å². The molecular formula is C35H42N4O5.